The molecule has 0 saturated heterocycles. The molecule has 12 heteroatoms. The van der Waals surface area contributed by atoms with Crippen LogP contribution in [0.15, 0.2) is 37.6 Å². The minimum Gasteiger partial charge on any atom is -0.462 e. The standard InChI is InChI=1S/C15H13F7N2O3/c1-4-7-9(5-2)24-11(10(8-23-24)12(25)26-6-3)13(16,17)27-15(21,22)14(18,19)20/h4-5,7-8H,1-2,6H2,3H3/b9-7+. The van der Waals surface area contributed by atoms with Gasteiger partial charge in [0.05, 0.1) is 18.5 Å². The molecule has 150 valence electrons. The molecule has 1 heterocycles. The van der Waals surface area contributed by atoms with Gasteiger partial charge in [-0.3, -0.25) is 0 Å². The van der Waals surface area contributed by atoms with Crippen molar-refractivity contribution in [2.75, 3.05) is 6.61 Å². The van der Waals surface area contributed by atoms with Gasteiger partial charge in [-0.15, -0.1) is 0 Å². The molecule has 27 heavy (non-hydrogen) atoms. The van der Waals surface area contributed by atoms with Crippen molar-refractivity contribution < 1.29 is 45.0 Å². The van der Waals surface area contributed by atoms with Crippen LogP contribution in [0.25, 0.3) is 5.70 Å². The summed E-state index contributed by atoms with van der Waals surface area (Å²) >= 11 is 0. The normalized spacial score (nSPS) is 13.4. The fourth-order valence-corrected chi connectivity index (χ4v) is 1.80. The van der Waals surface area contributed by atoms with Gasteiger partial charge in [-0.05, 0) is 19.1 Å². The molecule has 0 aliphatic carbocycles. The highest BCUT2D eigenvalue weighted by Crippen LogP contribution is 2.45. The number of esters is 1. The molecule has 0 amide bonds. The zero-order valence-electron chi connectivity index (χ0n) is 13.7. The summed E-state index contributed by atoms with van der Waals surface area (Å²) in [5.74, 6) is -1.43. The molecule has 0 N–H and O–H groups in total. The smallest absolute Gasteiger partial charge is 0.462 e. The SMILES string of the molecule is C=C/C=C(\C=C)n1ncc(C(=O)OCC)c1C(F)(F)OC(F)(F)C(F)(F)F. The summed E-state index contributed by atoms with van der Waals surface area (Å²) in [7, 11) is 0. The summed E-state index contributed by atoms with van der Waals surface area (Å²) in [6, 6.07) is 0. The predicted octanol–water partition coefficient (Wildman–Crippen LogP) is 4.49. The maximum Gasteiger partial charge on any atom is 0.483 e. The van der Waals surface area contributed by atoms with Gasteiger partial charge in [0.1, 0.15) is 5.56 Å². The Morgan fingerprint density at radius 2 is 1.81 bits per heavy atom. The molecule has 0 aromatic carbocycles. The fraction of sp³-hybridized carbons (Fsp3) is 0.333. The van der Waals surface area contributed by atoms with Gasteiger partial charge in [-0.2, -0.15) is 35.8 Å². The Kier molecular flexibility index (Phi) is 6.59. The molecule has 0 aliphatic rings. The van der Waals surface area contributed by atoms with E-state index in [1.165, 1.54) is 6.92 Å². The third kappa shape index (κ3) is 4.76. The predicted molar refractivity (Wildman–Crippen MR) is 78.8 cm³/mol. The summed E-state index contributed by atoms with van der Waals surface area (Å²) in [6.07, 6.45) is -14.4. The molecule has 5 nitrogen and oxygen atoms in total. The van der Waals surface area contributed by atoms with Crippen LogP contribution in [0.1, 0.15) is 23.0 Å². The second-order valence-corrected chi connectivity index (χ2v) is 4.70. The number of hydrogen-bond acceptors (Lipinski definition) is 4. The number of ether oxygens (including phenoxy) is 2. The third-order valence-corrected chi connectivity index (χ3v) is 2.87. The highest BCUT2D eigenvalue weighted by Gasteiger charge is 2.65. The van der Waals surface area contributed by atoms with Gasteiger partial charge in [0.2, 0.25) is 0 Å². The van der Waals surface area contributed by atoms with Gasteiger partial charge in [0.15, 0.2) is 5.69 Å². The number of alkyl halides is 7. The number of hydrogen-bond donors (Lipinski definition) is 0. The number of carbonyl (C=O) groups excluding carboxylic acids is 1. The molecule has 0 spiro atoms. The van der Waals surface area contributed by atoms with E-state index in [0.29, 0.717) is 6.20 Å². The van der Waals surface area contributed by atoms with E-state index < -0.39 is 35.6 Å². The van der Waals surface area contributed by atoms with Gasteiger partial charge in [0, 0.05) is 0 Å². The second-order valence-electron chi connectivity index (χ2n) is 4.70. The molecule has 0 saturated carbocycles. The van der Waals surface area contributed by atoms with Crippen LogP contribution in [-0.2, 0) is 15.6 Å². The maximum atomic E-state index is 14.3. The Bertz CT molecular complexity index is 751. The van der Waals surface area contributed by atoms with Crippen molar-refractivity contribution in [1.82, 2.24) is 9.78 Å². The third-order valence-electron chi connectivity index (χ3n) is 2.87. The maximum absolute atomic E-state index is 14.3. The van der Waals surface area contributed by atoms with Gasteiger partial charge in [0.25, 0.3) is 0 Å². The van der Waals surface area contributed by atoms with E-state index in [2.05, 4.69) is 27.7 Å². The van der Waals surface area contributed by atoms with Crippen molar-refractivity contribution in [2.45, 2.75) is 25.3 Å². The largest absolute Gasteiger partial charge is 0.483 e. The molecule has 1 aromatic rings. The summed E-state index contributed by atoms with van der Waals surface area (Å²) < 4.78 is 99.0. The van der Waals surface area contributed by atoms with E-state index in [0.717, 1.165) is 18.2 Å². The number of rotatable bonds is 8. The van der Waals surface area contributed by atoms with Crippen molar-refractivity contribution in [3.63, 3.8) is 0 Å². The first-order valence-corrected chi connectivity index (χ1v) is 7.06. The van der Waals surface area contributed by atoms with Crippen molar-refractivity contribution in [3.05, 3.63) is 48.8 Å². The molecule has 1 aromatic heterocycles. The highest BCUT2D eigenvalue weighted by atomic mass is 19.4. The van der Waals surface area contributed by atoms with Crippen LogP contribution in [0.3, 0.4) is 0 Å². The topological polar surface area (TPSA) is 53.4 Å². The van der Waals surface area contributed by atoms with Crippen LogP contribution in [0.2, 0.25) is 0 Å². The molecule has 0 bridgehead atoms. The van der Waals surface area contributed by atoms with Crippen LogP contribution >= 0.6 is 0 Å². The molecule has 1 rings (SSSR count). The highest BCUT2D eigenvalue weighted by molar-refractivity contribution is 5.91. The zero-order chi connectivity index (χ0) is 21.0. The van der Waals surface area contributed by atoms with E-state index in [-0.39, 0.29) is 17.0 Å². The Morgan fingerprint density at radius 3 is 2.26 bits per heavy atom. The quantitative estimate of drug-likeness (QED) is 0.365. The summed E-state index contributed by atoms with van der Waals surface area (Å²) in [5.41, 5.74) is -3.08. The van der Waals surface area contributed by atoms with Crippen molar-refractivity contribution >= 4 is 11.7 Å². The number of nitrogens with zero attached hydrogens (tertiary/aromatic N) is 2. The summed E-state index contributed by atoms with van der Waals surface area (Å²) in [6.45, 7) is 7.60. The molecular weight excluding hydrogens is 389 g/mol. The fourth-order valence-electron chi connectivity index (χ4n) is 1.80. The van der Waals surface area contributed by atoms with Crippen LogP contribution < -0.4 is 0 Å². The summed E-state index contributed by atoms with van der Waals surface area (Å²) in [4.78, 5) is 11.8. The number of aromatic nitrogens is 2. The average molecular weight is 402 g/mol. The van der Waals surface area contributed by atoms with Crippen LogP contribution in [0.4, 0.5) is 30.7 Å². The van der Waals surface area contributed by atoms with Gasteiger partial charge < -0.3 is 4.74 Å². The molecule has 0 atom stereocenters. The Morgan fingerprint density at radius 1 is 1.22 bits per heavy atom. The van der Waals surface area contributed by atoms with E-state index in [4.69, 9.17) is 0 Å². The first-order valence-electron chi connectivity index (χ1n) is 7.06. The van der Waals surface area contributed by atoms with Gasteiger partial charge >= 0.3 is 24.4 Å². The number of allylic oxidation sites excluding steroid dienone is 4. The van der Waals surface area contributed by atoms with Crippen molar-refractivity contribution in [2.24, 2.45) is 0 Å². The lowest BCUT2D eigenvalue weighted by molar-refractivity contribution is -0.462. The molecule has 0 radical (unpaired) electrons. The lowest BCUT2D eigenvalue weighted by Gasteiger charge is -2.26. The first kappa shape index (κ1) is 22.4. The Labute approximate surface area is 148 Å². The molecular formula is C15H13F7N2O3. The monoisotopic (exact) mass is 402 g/mol. The minimum atomic E-state index is -6.43. The van der Waals surface area contributed by atoms with Crippen molar-refractivity contribution in [3.8, 4) is 0 Å². The number of carbonyl (C=O) groups is 1. The van der Waals surface area contributed by atoms with E-state index in [1.54, 1.807) is 0 Å². The minimum absolute atomic E-state index is 0.216. The first-order chi connectivity index (χ1) is 12.3. The lowest BCUT2D eigenvalue weighted by Crippen LogP contribution is -2.44. The Balaban J connectivity index is 3.63. The number of halogens is 7. The van der Waals surface area contributed by atoms with Crippen molar-refractivity contribution in [1.29, 1.82) is 0 Å². The van der Waals surface area contributed by atoms with Gasteiger partial charge in [-0.1, -0.05) is 19.2 Å². The van der Waals surface area contributed by atoms with E-state index >= 15 is 0 Å². The van der Waals surface area contributed by atoms with E-state index in [1.807, 2.05) is 0 Å². The van der Waals surface area contributed by atoms with Crippen LogP contribution in [0.5, 0.6) is 0 Å². The molecule has 0 aliphatic heterocycles. The van der Waals surface area contributed by atoms with Gasteiger partial charge in [-0.25, -0.2) is 14.2 Å². The second kappa shape index (κ2) is 7.94. The molecule has 0 unspecified atom stereocenters. The van der Waals surface area contributed by atoms with Crippen LogP contribution in [-0.4, -0.2) is 34.6 Å². The zero-order valence-corrected chi connectivity index (χ0v) is 13.7. The summed E-state index contributed by atoms with van der Waals surface area (Å²) in [5, 5.41) is 3.41. The molecule has 0 fully saturated rings. The average Bonchev–Trinajstić information content (AvgIpc) is 2.96. The lowest BCUT2D eigenvalue weighted by atomic mass is 10.2. The van der Waals surface area contributed by atoms with Crippen LogP contribution in [0, 0.1) is 0 Å². The Hall–Kier alpha value is -2.63. The van der Waals surface area contributed by atoms with E-state index in [9.17, 15) is 35.5 Å².